The predicted octanol–water partition coefficient (Wildman–Crippen LogP) is 3.51. The molecule has 0 aromatic heterocycles. The Labute approximate surface area is 176 Å². The van der Waals surface area contributed by atoms with E-state index in [-0.39, 0.29) is 11.4 Å². The van der Waals surface area contributed by atoms with Crippen LogP contribution >= 0.6 is 11.6 Å². The average Bonchev–Trinajstić information content (AvgIpc) is 2.62. The Morgan fingerprint density at radius 3 is 2.17 bits per heavy atom. The second-order valence-corrected chi connectivity index (χ2v) is 8.40. The normalized spacial score (nSPS) is 15.8. The number of hydrogen-bond donors (Lipinski definition) is 2. The van der Waals surface area contributed by atoms with Crippen LogP contribution in [0.15, 0.2) is 59.1 Å². The van der Waals surface area contributed by atoms with Gasteiger partial charge in [0.05, 0.1) is 5.69 Å². The van der Waals surface area contributed by atoms with Crippen molar-refractivity contribution in [3.8, 4) is 11.5 Å². The van der Waals surface area contributed by atoms with Gasteiger partial charge in [0.2, 0.25) is 0 Å². The molecule has 9 nitrogen and oxygen atoms in total. The number of benzene rings is 2. The van der Waals surface area contributed by atoms with Crippen LogP contribution in [0.5, 0.6) is 11.5 Å². The van der Waals surface area contributed by atoms with Crippen molar-refractivity contribution < 1.29 is 36.8 Å². The van der Waals surface area contributed by atoms with Crippen LogP contribution in [0.1, 0.15) is 13.8 Å². The molecule has 0 spiro atoms. The molecule has 0 bridgehead atoms. The molecule has 0 aliphatic carbocycles. The third-order valence-corrected chi connectivity index (χ3v) is 4.91. The van der Waals surface area contributed by atoms with Gasteiger partial charge >= 0.3 is 11.9 Å². The molecule has 3 rings (SSSR count). The van der Waals surface area contributed by atoms with Gasteiger partial charge in [0.1, 0.15) is 16.4 Å². The fraction of sp³-hybridized carbons (Fsp3) is 0.158. The Morgan fingerprint density at radius 2 is 1.60 bits per heavy atom. The first-order valence-electron chi connectivity index (χ1n) is 8.43. The molecule has 11 heteroatoms. The Hall–Kier alpha value is -3.08. The fourth-order valence-corrected chi connectivity index (χ4v) is 3.26. The van der Waals surface area contributed by atoms with Crippen LogP contribution in [0.25, 0.3) is 0 Å². The highest BCUT2D eigenvalue weighted by Crippen LogP contribution is 2.30. The van der Waals surface area contributed by atoms with Crippen LogP contribution in [0.3, 0.4) is 0 Å². The van der Waals surface area contributed by atoms with Gasteiger partial charge in [-0.05, 0) is 36.4 Å². The molecule has 0 saturated carbocycles. The number of carbonyl (C=O) groups excluding carboxylic acids is 2. The first-order valence-corrected chi connectivity index (χ1v) is 10.2. The zero-order valence-electron chi connectivity index (χ0n) is 15.7. The van der Waals surface area contributed by atoms with Crippen LogP contribution in [0.2, 0.25) is 5.02 Å². The van der Waals surface area contributed by atoms with Gasteiger partial charge in [0.25, 0.3) is 15.9 Å². The number of nitrogens with one attached hydrogen (secondary N) is 1. The number of halogens is 1. The third-order valence-electron chi connectivity index (χ3n) is 3.77. The van der Waals surface area contributed by atoms with Crippen molar-refractivity contribution in [1.29, 1.82) is 0 Å². The van der Waals surface area contributed by atoms with Crippen LogP contribution in [0.4, 0.5) is 5.69 Å². The van der Waals surface area contributed by atoms with Crippen LogP contribution in [-0.4, -0.2) is 30.7 Å². The first-order chi connectivity index (χ1) is 13.9. The summed E-state index contributed by atoms with van der Waals surface area (Å²) in [5.41, 5.74) is -0.587. The van der Waals surface area contributed by atoms with Gasteiger partial charge in [0, 0.05) is 31.1 Å². The lowest BCUT2D eigenvalue weighted by molar-refractivity contribution is -0.222. The topological polar surface area (TPSA) is 128 Å². The molecule has 2 N–H and O–H groups in total. The van der Waals surface area contributed by atoms with Crippen LogP contribution in [0, 0.1) is 0 Å². The van der Waals surface area contributed by atoms with E-state index in [1.807, 2.05) is 0 Å². The zero-order valence-corrected chi connectivity index (χ0v) is 17.3. The van der Waals surface area contributed by atoms with Crippen molar-refractivity contribution >= 4 is 39.3 Å². The van der Waals surface area contributed by atoms with Gasteiger partial charge in [-0.3, -0.25) is 4.55 Å². The lowest BCUT2D eigenvalue weighted by Crippen LogP contribution is -2.42. The molecule has 30 heavy (non-hydrogen) atoms. The summed E-state index contributed by atoms with van der Waals surface area (Å²) in [4.78, 5) is 23.4. The standard InChI is InChI=1S/C19H16ClNO8S/c1-19(2)28-17(22)14(18(23)29-19)10-21-15-8-7-13(9-16(15)30(24,25)26)27-12-5-3-11(20)4-6-12/h3-10,21H,1-2H3,(H,24,25,26). The summed E-state index contributed by atoms with van der Waals surface area (Å²) >= 11 is 5.81. The fourth-order valence-electron chi connectivity index (χ4n) is 2.47. The van der Waals surface area contributed by atoms with E-state index in [0.717, 1.165) is 12.3 Å². The Bertz CT molecular complexity index is 1120. The first kappa shape index (κ1) is 21.6. The highest BCUT2D eigenvalue weighted by Gasteiger charge is 2.39. The van der Waals surface area contributed by atoms with Crippen molar-refractivity contribution in [3.05, 3.63) is 59.3 Å². The Morgan fingerprint density at radius 1 is 1.03 bits per heavy atom. The second kappa shape index (κ2) is 7.98. The molecule has 1 saturated heterocycles. The molecule has 0 radical (unpaired) electrons. The maximum absolute atomic E-state index is 12.0. The number of cyclic esters (lactones) is 2. The smallest absolute Gasteiger partial charge is 0.350 e. The maximum Gasteiger partial charge on any atom is 0.350 e. The molecule has 1 aliphatic rings. The average molecular weight is 454 g/mol. The number of esters is 2. The number of carbonyl (C=O) groups is 2. The van der Waals surface area contributed by atoms with Crippen molar-refractivity contribution in [1.82, 2.24) is 0 Å². The quantitative estimate of drug-likeness (QED) is 0.302. The van der Waals surface area contributed by atoms with Gasteiger partial charge < -0.3 is 19.5 Å². The molecule has 2 aromatic rings. The van der Waals surface area contributed by atoms with Crippen molar-refractivity contribution in [3.63, 3.8) is 0 Å². The molecule has 1 aliphatic heterocycles. The molecule has 0 atom stereocenters. The largest absolute Gasteiger partial charge is 0.457 e. The van der Waals surface area contributed by atoms with E-state index < -0.39 is 38.3 Å². The van der Waals surface area contributed by atoms with E-state index in [2.05, 4.69) is 5.32 Å². The molecular formula is C19H16ClNO8S. The summed E-state index contributed by atoms with van der Waals surface area (Å²) in [5.74, 6) is -2.80. The number of anilines is 1. The number of rotatable bonds is 5. The SMILES string of the molecule is CC1(C)OC(=O)C(=CNc2ccc(Oc3ccc(Cl)cc3)cc2S(=O)(=O)O)C(=O)O1. The summed E-state index contributed by atoms with van der Waals surface area (Å²) in [6, 6.07) is 10.1. The molecule has 0 amide bonds. The van der Waals surface area contributed by atoms with E-state index in [9.17, 15) is 22.6 Å². The second-order valence-electron chi connectivity index (χ2n) is 6.57. The molecule has 0 unspecified atom stereocenters. The van der Waals surface area contributed by atoms with Crippen LogP contribution < -0.4 is 10.1 Å². The monoisotopic (exact) mass is 453 g/mol. The van der Waals surface area contributed by atoms with E-state index in [1.165, 1.54) is 26.0 Å². The summed E-state index contributed by atoms with van der Waals surface area (Å²) < 4.78 is 48.6. The molecule has 2 aromatic carbocycles. The number of hydrogen-bond acceptors (Lipinski definition) is 8. The molecular weight excluding hydrogens is 438 g/mol. The van der Waals surface area contributed by atoms with Gasteiger partial charge in [-0.25, -0.2) is 9.59 Å². The Kier molecular flexibility index (Phi) is 5.75. The van der Waals surface area contributed by atoms with E-state index in [4.69, 9.17) is 25.8 Å². The minimum Gasteiger partial charge on any atom is -0.457 e. The maximum atomic E-state index is 12.0. The molecule has 1 fully saturated rings. The van der Waals surface area contributed by atoms with E-state index >= 15 is 0 Å². The van der Waals surface area contributed by atoms with Crippen LogP contribution in [-0.2, 0) is 29.2 Å². The minimum absolute atomic E-state index is 0.112. The highest BCUT2D eigenvalue weighted by atomic mass is 35.5. The molecule has 158 valence electrons. The number of ether oxygens (including phenoxy) is 3. The highest BCUT2D eigenvalue weighted by molar-refractivity contribution is 7.86. The van der Waals surface area contributed by atoms with Gasteiger partial charge in [0.15, 0.2) is 5.57 Å². The van der Waals surface area contributed by atoms with E-state index in [1.54, 1.807) is 24.3 Å². The summed E-state index contributed by atoms with van der Waals surface area (Å²) in [6.45, 7) is 2.78. The van der Waals surface area contributed by atoms with E-state index in [0.29, 0.717) is 10.8 Å². The minimum atomic E-state index is -4.68. The zero-order chi connectivity index (χ0) is 22.1. The Balaban J connectivity index is 1.89. The van der Waals surface area contributed by atoms with Crippen molar-refractivity contribution in [2.24, 2.45) is 0 Å². The van der Waals surface area contributed by atoms with Crippen molar-refractivity contribution in [2.75, 3.05) is 5.32 Å². The summed E-state index contributed by atoms with van der Waals surface area (Å²) in [6.07, 6.45) is 0.934. The van der Waals surface area contributed by atoms with Crippen molar-refractivity contribution in [2.45, 2.75) is 24.5 Å². The summed E-state index contributed by atoms with van der Waals surface area (Å²) in [5, 5.41) is 3.00. The van der Waals surface area contributed by atoms with Gasteiger partial charge in [-0.1, -0.05) is 11.6 Å². The van der Waals surface area contributed by atoms with Gasteiger partial charge in [-0.15, -0.1) is 0 Å². The lowest BCUT2D eigenvalue weighted by Gasteiger charge is -2.29. The van der Waals surface area contributed by atoms with Gasteiger partial charge in [-0.2, -0.15) is 8.42 Å². The molecule has 1 heterocycles. The third kappa shape index (κ3) is 5.09. The summed E-state index contributed by atoms with van der Waals surface area (Å²) in [7, 11) is -4.68. The predicted molar refractivity (Wildman–Crippen MR) is 106 cm³/mol. The lowest BCUT2D eigenvalue weighted by atomic mass is 10.2.